The Morgan fingerprint density at radius 2 is 1.95 bits per heavy atom. The first-order chi connectivity index (χ1) is 9.95. The zero-order valence-corrected chi connectivity index (χ0v) is 11.2. The fourth-order valence-corrected chi connectivity index (χ4v) is 3.30. The van der Waals surface area contributed by atoms with Crippen LogP contribution in [0.3, 0.4) is 0 Å². The largest absolute Gasteiger partial charge is 0.478 e. The predicted molar refractivity (Wildman–Crippen MR) is 72.2 cm³/mol. The molecule has 21 heavy (non-hydrogen) atoms. The highest BCUT2D eigenvalue weighted by atomic mass is 16.6. The number of nitrogens with zero attached hydrogens (tertiary/aromatic N) is 2. The van der Waals surface area contributed by atoms with E-state index in [1.807, 2.05) is 0 Å². The number of fused-ring (bicyclic) bond motifs is 2. The second kappa shape index (κ2) is 4.83. The van der Waals surface area contributed by atoms with Gasteiger partial charge in [0.15, 0.2) is 0 Å². The van der Waals surface area contributed by atoms with Gasteiger partial charge in [-0.2, -0.15) is 0 Å². The Labute approximate surface area is 120 Å². The molecule has 1 aromatic carbocycles. The number of nitro benzene ring substituents is 1. The van der Waals surface area contributed by atoms with E-state index in [1.54, 1.807) is 4.90 Å². The number of aromatic carboxylic acids is 1. The Bertz CT molecular complexity index is 610. The van der Waals surface area contributed by atoms with Crippen LogP contribution in [0.15, 0.2) is 18.2 Å². The standard InChI is InChI=1S/C14H14N2O5/c17-13(15-7-8-1-2-11(15)3-8)9-4-10(14(18)19)6-12(5-9)16(20)21/h4-6,8,11H,1-3,7H2,(H,18,19). The van der Waals surface area contributed by atoms with E-state index < -0.39 is 10.9 Å². The maximum Gasteiger partial charge on any atom is 0.335 e. The van der Waals surface area contributed by atoms with Gasteiger partial charge in [-0.1, -0.05) is 0 Å². The van der Waals surface area contributed by atoms with E-state index in [1.165, 1.54) is 6.07 Å². The normalized spacial score (nSPS) is 23.3. The van der Waals surface area contributed by atoms with Gasteiger partial charge in [0.1, 0.15) is 0 Å². The number of non-ortho nitro benzene ring substituents is 1. The molecular weight excluding hydrogens is 276 g/mol. The zero-order valence-electron chi connectivity index (χ0n) is 11.2. The van der Waals surface area contributed by atoms with Gasteiger partial charge in [-0.3, -0.25) is 14.9 Å². The number of hydrogen-bond donors (Lipinski definition) is 1. The second-order valence-corrected chi connectivity index (χ2v) is 5.62. The van der Waals surface area contributed by atoms with E-state index in [0.29, 0.717) is 12.5 Å². The van der Waals surface area contributed by atoms with E-state index in [2.05, 4.69) is 0 Å². The molecule has 1 heterocycles. The van der Waals surface area contributed by atoms with Gasteiger partial charge in [-0.05, 0) is 31.2 Å². The van der Waals surface area contributed by atoms with E-state index in [-0.39, 0.29) is 28.8 Å². The minimum absolute atomic E-state index is 0.0779. The molecular formula is C14H14N2O5. The summed E-state index contributed by atoms with van der Waals surface area (Å²) in [7, 11) is 0. The molecule has 2 bridgehead atoms. The molecule has 7 nitrogen and oxygen atoms in total. The van der Waals surface area contributed by atoms with Crippen LogP contribution in [0.2, 0.25) is 0 Å². The first kappa shape index (κ1) is 13.5. The number of likely N-dealkylation sites (tertiary alicyclic amines) is 1. The fraction of sp³-hybridized carbons (Fsp3) is 0.429. The van der Waals surface area contributed by atoms with E-state index in [0.717, 1.165) is 31.4 Å². The number of carboxylic acids is 1. The summed E-state index contributed by atoms with van der Waals surface area (Å²) in [5.74, 6) is -1.08. The van der Waals surface area contributed by atoms with Crippen LogP contribution in [-0.2, 0) is 0 Å². The molecule has 1 amide bonds. The lowest BCUT2D eigenvalue weighted by Crippen LogP contribution is -2.37. The highest BCUT2D eigenvalue weighted by Crippen LogP contribution is 2.38. The van der Waals surface area contributed by atoms with Crippen molar-refractivity contribution in [3.63, 3.8) is 0 Å². The van der Waals surface area contributed by atoms with Gasteiger partial charge in [0, 0.05) is 30.3 Å². The molecule has 1 aliphatic heterocycles. The highest BCUT2D eigenvalue weighted by Gasteiger charge is 2.40. The summed E-state index contributed by atoms with van der Waals surface area (Å²) in [5.41, 5.74) is -0.534. The lowest BCUT2D eigenvalue weighted by molar-refractivity contribution is -0.384. The average Bonchev–Trinajstić information content (AvgIpc) is 3.08. The van der Waals surface area contributed by atoms with Crippen LogP contribution in [0, 0.1) is 16.0 Å². The molecule has 2 aliphatic rings. The summed E-state index contributed by atoms with van der Waals surface area (Å²) in [4.78, 5) is 35.5. The Balaban J connectivity index is 1.95. The van der Waals surface area contributed by atoms with Crippen LogP contribution in [0.5, 0.6) is 0 Å². The number of piperidine rings is 1. The van der Waals surface area contributed by atoms with Crippen LogP contribution >= 0.6 is 0 Å². The number of amides is 1. The monoisotopic (exact) mass is 290 g/mol. The Morgan fingerprint density at radius 3 is 2.48 bits per heavy atom. The molecule has 0 aromatic heterocycles. The van der Waals surface area contributed by atoms with Crippen molar-refractivity contribution in [1.29, 1.82) is 0 Å². The molecule has 2 atom stereocenters. The highest BCUT2D eigenvalue weighted by molar-refractivity contribution is 5.98. The van der Waals surface area contributed by atoms with E-state index in [4.69, 9.17) is 5.11 Å². The van der Waals surface area contributed by atoms with Crippen LogP contribution in [-0.4, -0.2) is 39.4 Å². The molecule has 1 aromatic rings. The van der Waals surface area contributed by atoms with Crippen molar-refractivity contribution >= 4 is 17.6 Å². The summed E-state index contributed by atoms with van der Waals surface area (Å²) in [6.07, 6.45) is 3.05. The quantitative estimate of drug-likeness (QED) is 0.677. The number of carboxylic acid groups (broad SMARTS) is 1. The molecule has 3 rings (SSSR count). The third-order valence-corrected chi connectivity index (χ3v) is 4.29. The summed E-state index contributed by atoms with van der Waals surface area (Å²) in [6, 6.07) is 3.52. The smallest absolute Gasteiger partial charge is 0.335 e. The Kier molecular flexibility index (Phi) is 3.12. The first-order valence-electron chi connectivity index (χ1n) is 6.79. The number of nitro groups is 1. The van der Waals surface area contributed by atoms with Gasteiger partial charge >= 0.3 is 5.97 Å². The molecule has 1 aliphatic carbocycles. The van der Waals surface area contributed by atoms with Crippen LogP contribution in [0.4, 0.5) is 5.69 Å². The third-order valence-electron chi connectivity index (χ3n) is 4.29. The van der Waals surface area contributed by atoms with Gasteiger partial charge < -0.3 is 10.0 Å². The number of rotatable bonds is 3. The van der Waals surface area contributed by atoms with Crippen molar-refractivity contribution in [2.45, 2.75) is 25.3 Å². The lowest BCUT2D eigenvalue weighted by atomic mass is 10.1. The van der Waals surface area contributed by atoms with Crippen molar-refractivity contribution < 1.29 is 19.6 Å². The topological polar surface area (TPSA) is 101 Å². The summed E-state index contributed by atoms with van der Waals surface area (Å²) >= 11 is 0. The molecule has 0 radical (unpaired) electrons. The van der Waals surface area contributed by atoms with Gasteiger partial charge in [-0.15, -0.1) is 0 Å². The fourth-order valence-electron chi connectivity index (χ4n) is 3.30. The second-order valence-electron chi connectivity index (χ2n) is 5.62. The molecule has 2 unspecified atom stereocenters. The number of hydrogen-bond acceptors (Lipinski definition) is 4. The molecule has 1 saturated heterocycles. The van der Waals surface area contributed by atoms with Crippen molar-refractivity contribution in [1.82, 2.24) is 4.90 Å². The van der Waals surface area contributed by atoms with Crippen LogP contribution in [0.25, 0.3) is 0 Å². The SMILES string of the molecule is O=C(O)c1cc(C(=O)N2CC3CCC2C3)cc([N+](=O)[O-])c1. The van der Waals surface area contributed by atoms with Gasteiger partial charge in [0.05, 0.1) is 10.5 Å². The van der Waals surface area contributed by atoms with Crippen LogP contribution in [0.1, 0.15) is 40.0 Å². The molecule has 110 valence electrons. The maximum absolute atomic E-state index is 12.5. The summed E-state index contributed by atoms with van der Waals surface area (Å²) < 4.78 is 0. The van der Waals surface area contributed by atoms with Gasteiger partial charge in [0.2, 0.25) is 0 Å². The minimum Gasteiger partial charge on any atom is -0.478 e. The van der Waals surface area contributed by atoms with Crippen LogP contribution < -0.4 is 0 Å². The first-order valence-corrected chi connectivity index (χ1v) is 6.79. The van der Waals surface area contributed by atoms with Gasteiger partial charge in [0.25, 0.3) is 11.6 Å². The predicted octanol–water partition coefficient (Wildman–Crippen LogP) is 1.92. The lowest BCUT2D eigenvalue weighted by Gasteiger charge is -2.27. The Morgan fingerprint density at radius 1 is 1.24 bits per heavy atom. The molecule has 1 saturated carbocycles. The van der Waals surface area contributed by atoms with E-state index >= 15 is 0 Å². The molecule has 7 heteroatoms. The molecule has 1 N–H and O–H groups in total. The van der Waals surface area contributed by atoms with Gasteiger partial charge in [-0.25, -0.2) is 4.79 Å². The maximum atomic E-state index is 12.5. The summed E-state index contributed by atoms with van der Waals surface area (Å²) in [5, 5.41) is 19.9. The van der Waals surface area contributed by atoms with Crippen molar-refractivity contribution in [2.75, 3.05) is 6.54 Å². The Hall–Kier alpha value is -2.44. The van der Waals surface area contributed by atoms with Crippen molar-refractivity contribution in [2.24, 2.45) is 5.92 Å². The minimum atomic E-state index is -1.28. The molecule has 0 spiro atoms. The van der Waals surface area contributed by atoms with Crippen molar-refractivity contribution in [3.8, 4) is 0 Å². The van der Waals surface area contributed by atoms with Crippen molar-refractivity contribution in [3.05, 3.63) is 39.4 Å². The molecule has 2 fully saturated rings. The zero-order chi connectivity index (χ0) is 15.1. The average molecular weight is 290 g/mol. The number of benzene rings is 1. The summed E-state index contributed by atoms with van der Waals surface area (Å²) in [6.45, 7) is 0.661. The van der Waals surface area contributed by atoms with E-state index in [9.17, 15) is 19.7 Å². The third kappa shape index (κ3) is 2.35. The number of carbonyl (C=O) groups excluding carboxylic acids is 1. The number of carbonyl (C=O) groups is 2.